The minimum atomic E-state index is 0.137. The van der Waals surface area contributed by atoms with Gasteiger partial charge in [-0.25, -0.2) is 0 Å². The number of carbonyl (C=O) groups is 1. The molecule has 0 radical (unpaired) electrons. The fourth-order valence-electron chi connectivity index (χ4n) is 1.89. The molecule has 0 aliphatic carbocycles. The van der Waals surface area contributed by atoms with E-state index in [2.05, 4.69) is 11.9 Å². The number of pyridine rings is 1. The van der Waals surface area contributed by atoms with Gasteiger partial charge in [0, 0.05) is 23.9 Å². The monoisotopic (exact) mass is 269 g/mol. The van der Waals surface area contributed by atoms with E-state index in [-0.39, 0.29) is 5.78 Å². The van der Waals surface area contributed by atoms with Crippen molar-refractivity contribution >= 4 is 5.78 Å². The Morgan fingerprint density at radius 1 is 1.15 bits per heavy atom. The normalized spacial score (nSPS) is 10.2. The van der Waals surface area contributed by atoms with Gasteiger partial charge in [0.2, 0.25) is 0 Å². The van der Waals surface area contributed by atoms with E-state index in [0.717, 1.165) is 23.4 Å². The van der Waals surface area contributed by atoms with Crippen molar-refractivity contribution in [2.45, 2.75) is 26.2 Å². The number of rotatable bonds is 7. The van der Waals surface area contributed by atoms with Gasteiger partial charge in [0.15, 0.2) is 5.78 Å². The highest BCUT2D eigenvalue weighted by atomic mass is 16.5. The maximum Gasteiger partial charge on any atom is 0.163 e. The fourth-order valence-corrected chi connectivity index (χ4v) is 1.89. The number of nitrogens with zero attached hydrogens (tertiary/aromatic N) is 1. The molecule has 3 heteroatoms. The Labute approximate surface area is 119 Å². The number of hydrogen-bond acceptors (Lipinski definition) is 3. The van der Waals surface area contributed by atoms with E-state index < -0.39 is 0 Å². The highest BCUT2D eigenvalue weighted by Gasteiger charge is 2.06. The summed E-state index contributed by atoms with van der Waals surface area (Å²) < 4.78 is 5.50. The number of ether oxygens (including phenoxy) is 1. The Bertz CT molecular complexity index is 535. The first-order valence-corrected chi connectivity index (χ1v) is 6.95. The standard InChI is InChI=1S/C17H19NO2/c1-2-13-20-16-9-6-14(7-10-16)17(19)11-8-15-5-3-4-12-18-15/h3-7,9-10,12H,2,8,11,13H2,1H3. The lowest BCUT2D eigenvalue weighted by atomic mass is 10.1. The Hall–Kier alpha value is -2.16. The molecule has 0 bridgehead atoms. The highest BCUT2D eigenvalue weighted by molar-refractivity contribution is 5.96. The minimum Gasteiger partial charge on any atom is -0.494 e. The van der Waals surface area contributed by atoms with E-state index in [0.29, 0.717) is 19.4 Å². The number of hydrogen-bond donors (Lipinski definition) is 0. The second-order valence-electron chi connectivity index (χ2n) is 4.62. The van der Waals surface area contributed by atoms with Gasteiger partial charge in [-0.05, 0) is 49.2 Å². The van der Waals surface area contributed by atoms with E-state index in [1.807, 2.05) is 42.5 Å². The molecule has 0 saturated carbocycles. The van der Waals surface area contributed by atoms with Crippen LogP contribution in [0.2, 0.25) is 0 Å². The summed E-state index contributed by atoms with van der Waals surface area (Å²) in [7, 11) is 0. The maximum atomic E-state index is 12.1. The van der Waals surface area contributed by atoms with Crippen LogP contribution in [0.3, 0.4) is 0 Å². The van der Waals surface area contributed by atoms with E-state index >= 15 is 0 Å². The molecule has 0 fully saturated rings. The van der Waals surface area contributed by atoms with Gasteiger partial charge < -0.3 is 4.74 Å². The molecule has 104 valence electrons. The zero-order valence-electron chi connectivity index (χ0n) is 11.7. The zero-order valence-corrected chi connectivity index (χ0v) is 11.7. The van der Waals surface area contributed by atoms with Crippen molar-refractivity contribution in [1.29, 1.82) is 0 Å². The van der Waals surface area contributed by atoms with Crippen molar-refractivity contribution in [3.8, 4) is 5.75 Å². The van der Waals surface area contributed by atoms with Crippen LogP contribution in [0, 0.1) is 0 Å². The van der Waals surface area contributed by atoms with Gasteiger partial charge in [-0.1, -0.05) is 13.0 Å². The predicted octanol–water partition coefficient (Wildman–Crippen LogP) is 3.69. The molecule has 0 spiro atoms. The molecular formula is C17H19NO2. The molecule has 3 nitrogen and oxygen atoms in total. The molecule has 0 aliphatic heterocycles. The summed E-state index contributed by atoms with van der Waals surface area (Å²) >= 11 is 0. The number of aryl methyl sites for hydroxylation is 1. The van der Waals surface area contributed by atoms with Crippen LogP contribution in [-0.4, -0.2) is 17.4 Å². The van der Waals surface area contributed by atoms with Gasteiger partial charge in [-0.3, -0.25) is 9.78 Å². The third-order valence-corrected chi connectivity index (χ3v) is 2.98. The van der Waals surface area contributed by atoms with Gasteiger partial charge in [-0.2, -0.15) is 0 Å². The first kappa shape index (κ1) is 14.3. The van der Waals surface area contributed by atoms with Crippen LogP contribution < -0.4 is 4.74 Å². The predicted molar refractivity (Wildman–Crippen MR) is 79.1 cm³/mol. The van der Waals surface area contributed by atoms with Gasteiger partial charge >= 0.3 is 0 Å². The summed E-state index contributed by atoms with van der Waals surface area (Å²) in [5.74, 6) is 0.950. The highest BCUT2D eigenvalue weighted by Crippen LogP contribution is 2.14. The number of ketones is 1. The van der Waals surface area contributed by atoms with Crippen molar-refractivity contribution in [3.63, 3.8) is 0 Å². The summed E-state index contributed by atoms with van der Waals surface area (Å²) in [5, 5.41) is 0. The number of Topliss-reactive ketones (excluding diaryl/α,β-unsaturated/α-hetero) is 1. The van der Waals surface area contributed by atoms with Gasteiger partial charge in [0.25, 0.3) is 0 Å². The molecule has 0 N–H and O–H groups in total. The largest absolute Gasteiger partial charge is 0.494 e. The van der Waals surface area contributed by atoms with Crippen LogP contribution in [0.5, 0.6) is 5.75 Å². The molecule has 0 unspecified atom stereocenters. The van der Waals surface area contributed by atoms with Crippen molar-refractivity contribution in [3.05, 3.63) is 59.9 Å². The third kappa shape index (κ3) is 4.19. The second-order valence-corrected chi connectivity index (χ2v) is 4.62. The number of carbonyl (C=O) groups excluding carboxylic acids is 1. The average Bonchev–Trinajstić information content (AvgIpc) is 2.52. The quantitative estimate of drug-likeness (QED) is 0.720. The van der Waals surface area contributed by atoms with E-state index in [4.69, 9.17) is 4.74 Å². The van der Waals surface area contributed by atoms with Crippen LogP contribution in [0.1, 0.15) is 35.8 Å². The lowest BCUT2D eigenvalue weighted by molar-refractivity contribution is 0.0982. The molecule has 1 aromatic heterocycles. The summed E-state index contributed by atoms with van der Waals surface area (Å²) in [6, 6.07) is 13.1. The van der Waals surface area contributed by atoms with E-state index in [1.165, 1.54) is 0 Å². The van der Waals surface area contributed by atoms with Crippen LogP contribution in [-0.2, 0) is 6.42 Å². The maximum absolute atomic E-state index is 12.1. The Balaban J connectivity index is 1.89. The minimum absolute atomic E-state index is 0.137. The Morgan fingerprint density at radius 2 is 1.95 bits per heavy atom. The lowest BCUT2D eigenvalue weighted by Crippen LogP contribution is -2.02. The first-order chi connectivity index (χ1) is 9.79. The van der Waals surface area contributed by atoms with Crippen LogP contribution in [0.15, 0.2) is 48.7 Å². The molecule has 2 aromatic rings. The summed E-state index contributed by atoms with van der Waals surface area (Å²) in [6.45, 7) is 2.77. The molecule has 0 saturated heterocycles. The smallest absolute Gasteiger partial charge is 0.163 e. The first-order valence-electron chi connectivity index (χ1n) is 6.95. The number of benzene rings is 1. The fraction of sp³-hybridized carbons (Fsp3) is 0.294. The molecule has 20 heavy (non-hydrogen) atoms. The van der Waals surface area contributed by atoms with Gasteiger partial charge in [0.05, 0.1) is 6.61 Å². The van der Waals surface area contributed by atoms with Gasteiger partial charge in [0.1, 0.15) is 5.75 Å². The molecule has 0 atom stereocenters. The summed E-state index contributed by atoms with van der Waals surface area (Å²) in [4.78, 5) is 16.3. The zero-order chi connectivity index (χ0) is 14.2. The lowest BCUT2D eigenvalue weighted by Gasteiger charge is -2.05. The molecular weight excluding hydrogens is 250 g/mol. The molecule has 0 aliphatic rings. The van der Waals surface area contributed by atoms with Crippen LogP contribution in [0.4, 0.5) is 0 Å². The van der Waals surface area contributed by atoms with Crippen molar-refractivity contribution in [2.24, 2.45) is 0 Å². The third-order valence-electron chi connectivity index (χ3n) is 2.98. The molecule has 1 heterocycles. The van der Waals surface area contributed by atoms with Crippen LogP contribution in [0.25, 0.3) is 0 Å². The second kappa shape index (κ2) is 7.43. The SMILES string of the molecule is CCCOc1ccc(C(=O)CCc2ccccn2)cc1. The number of aromatic nitrogens is 1. The molecule has 0 amide bonds. The van der Waals surface area contributed by atoms with E-state index in [1.54, 1.807) is 6.20 Å². The Kier molecular flexibility index (Phi) is 5.30. The summed E-state index contributed by atoms with van der Waals surface area (Å²) in [5.41, 5.74) is 1.67. The Morgan fingerprint density at radius 3 is 2.60 bits per heavy atom. The molecule has 1 aromatic carbocycles. The van der Waals surface area contributed by atoms with Crippen molar-refractivity contribution in [2.75, 3.05) is 6.61 Å². The topological polar surface area (TPSA) is 39.2 Å². The average molecular weight is 269 g/mol. The van der Waals surface area contributed by atoms with Crippen molar-refractivity contribution in [1.82, 2.24) is 4.98 Å². The summed E-state index contributed by atoms with van der Waals surface area (Å²) in [6.07, 6.45) is 3.88. The van der Waals surface area contributed by atoms with E-state index in [9.17, 15) is 4.79 Å². The van der Waals surface area contributed by atoms with Crippen LogP contribution >= 0.6 is 0 Å². The van der Waals surface area contributed by atoms with Crippen molar-refractivity contribution < 1.29 is 9.53 Å². The van der Waals surface area contributed by atoms with Gasteiger partial charge in [-0.15, -0.1) is 0 Å². The molecule has 2 rings (SSSR count).